The first-order valence-electron chi connectivity index (χ1n) is 4.61. The van der Waals surface area contributed by atoms with Crippen LogP contribution in [0.3, 0.4) is 0 Å². The summed E-state index contributed by atoms with van der Waals surface area (Å²) in [6, 6.07) is 4.80. The standard InChI is InChI=1S/C10H11NO5/c1-7-6-8(4-5-16-11(14)15)2-3-9(7)10(12)13/h2-3,6H,4-5H2,1H3,(H,12,13). The summed E-state index contributed by atoms with van der Waals surface area (Å²) in [4.78, 5) is 24.8. The van der Waals surface area contributed by atoms with E-state index in [0.29, 0.717) is 12.0 Å². The van der Waals surface area contributed by atoms with Crippen molar-refractivity contribution in [3.63, 3.8) is 0 Å². The minimum atomic E-state index is -0.981. The zero-order valence-corrected chi connectivity index (χ0v) is 8.67. The third kappa shape index (κ3) is 3.23. The number of aromatic carboxylic acids is 1. The molecule has 0 aromatic heterocycles. The average molecular weight is 225 g/mol. The molecule has 1 rings (SSSR count). The van der Waals surface area contributed by atoms with Gasteiger partial charge in [0.05, 0.1) is 5.56 Å². The molecule has 6 nitrogen and oxygen atoms in total. The zero-order valence-electron chi connectivity index (χ0n) is 8.67. The zero-order chi connectivity index (χ0) is 12.1. The van der Waals surface area contributed by atoms with Crippen molar-refractivity contribution in [3.8, 4) is 0 Å². The Bertz CT molecular complexity index is 416. The van der Waals surface area contributed by atoms with E-state index in [1.54, 1.807) is 19.1 Å². The first-order valence-corrected chi connectivity index (χ1v) is 4.61. The fourth-order valence-corrected chi connectivity index (χ4v) is 1.36. The quantitative estimate of drug-likeness (QED) is 0.605. The summed E-state index contributed by atoms with van der Waals surface area (Å²) in [5.74, 6) is -0.981. The van der Waals surface area contributed by atoms with E-state index in [-0.39, 0.29) is 12.2 Å². The van der Waals surface area contributed by atoms with E-state index in [4.69, 9.17) is 5.11 Å². The Kier molecular flexibility index (Phi) is 3.82. The molecule has 0 heterocycles. The molecule has 0 spiro atoms. The molecule has 0 amide bonds. The minimum absolute atomic E-state index is 0.0289. The van der Waals surface area contributed by atoms with Crippen molar-refractivity contribution < 1.29 is 19.8 Å². The van der Waals surface area contributed by atoms with Gasteiger partial charge in [-0.2, -0.15) is 0 Å². The molecule has 16 heavy (non-hydrogen) atoms. The van der Waals surface area contributed by atoms with Crippen LogP contribution in [-0.2, 0) is 11.3 Å². The van der Waals surface area contributed by atoms with Crippen LogP contribution in [0.25, 0.3) is 0 Å². The normalized spacial score (nSPS) is 9.81. The fourth-order valence-electron chi connectivity index (χ4n) is 1.36. The second-order valence-corrected chi connectivity index (χ2v) is 3.26. The predicted molar refractivity (Wildman–Crippen MR) is 54.8 cm³/mol. The van der Waals surface area contributed by atoms with Crippen molar-refractivity contribution in [2.24, 2.45) is 0 Å². The Labute approximate surface area is 91.6 Å². The maximum absolute atomic E-state index is 10.7. The highest BCUT2D eigenvalue weighted by molar-refractivity contribution is 5.89. The summed E-state index contributed by atoms with van der Waals surface area (Å²) in [7, 11) is 0. The van der Waals surface area contributed by atoms with Gasteiger partial charge in [-0.3, -0.25) is 0 Å². The van der Waals surface area contributed by atoms with Crippen molar-refractivity contribution in [1.82, 2.24) is 0 Å². The van der Waals surface area contributed by atoms with Crippen LogP contribution in [-0.4, -0.2) is 22.8 Å². The number of nitrogens with zero attached hydrogens (tertiary/aromatic N) is 1. The lowest BCUT2D eigenvalue weighted by Crippen LogP contribution is -2.06. The Morgan fingerprint density at radius 2 is 2.25 bits per heavy atom. The van der Waals surface area contributed by atoms with E-state index in [9.17, 15) is 14.9 Å². The molecule has 0 aliphatic rings. The number of carboxylic acid groups (broad SMARTS) is 1. The largest absolute Gasteiger partial charge is 0.478 e. The lowest BCUT2D eigenvalue weighted by molar-refractivity contribution is -0.757. The third-order valence-corrected chi connectivity index (χ3v) is 2.11. The average Bonchev–Trinajstić information content (AvgIpc) is 2.16. The summed E-state index contributed by atoms with van der Waals surface area (Å²) in [5, 5.41) is 17.8. The monoisotopic (exact) mass is 225 g/mol. The third-order valence-electron chi connectivity index (χ3n) is 2.11. The van der Waals surface area contributed by atoms with Crippen LogP contribution in [0.2, 0.25) is 0 Å². The molecule has 0 bridgehead atoms. The van der Waals surface area contributed by atoms with Gasteiger partial charge in [0.15, 0.2) is 0 Å². The molecule has 0 unspecified atom stereocenters. The first kappa shape index (κ1) is 12.0. The molecule has 0 aliphatic carbocycles. The summed E-state index contributed by atoms with van der Waals surface area (Å²) in [5.41, 5.74) is 1.68. The molecule has 1 aromatic rings. The SMILES string of the molecule is Cc1cc(CCO[N+](=O)[O-])ccc1C(=O)O. The molecule has 86 valence electrons. The predicted octanol–water partition coefficient (Wildman–Crippen LogP) is 1.44. The van der Waals surface area contributed by atoms with Gasteiger partial charge >= 0.3 is 5.97 Å². The van der Waals surface area contributed by atoms with Gasteiger partial charge < -0.3 is 9.94 Å². The van der Waals surface area contributed by atoms with Gasteiger partial charge in [-0.05, 0) is 30.5 Å². The number of aryl methyl sites for hydroxylation is 1. The number of hydrogen-bond acceptors (Lipinski definition) is 4. The molecule has 0 radical (unpaired) electrons. The van der Waals surface area contributed by atoms with Gasteiger partial charge in [-0.25, -0.2) is 4.79 Å². The van der Waals surface area contributed by atoms with Crippen LogP contribution < -0.4 is 0 Å². The Morgan fingerprint density at radius 1 is 1.56 bits per heavy atom. The number of carboxylic acids is 1. The maximum atomic E-state index is 10.7. The number of benzene rings is 1. The van der Waals surface area contributed by atoms with E-state index >= 15 is 0 Å². The lowest BCUT2D eigenvalue weighted by Gasteiger charge is -2.04. The van der Waals surface area contributed by atoms with E-state index < -0.39 is 11.1 Å². The minimum Gasteiger partial charge on any atom is -0.478 e. The number of rotatable bonds is 5. The van der Waals surface area contributed by atoms with Crippen molar-refractivity contribution >= 4 is 5.97 Å². The van der Waals surface area contributed by atoms with E-state index in [1.165, 1.54) is 6.07 Å². The fraction of sp³-hybridized carbons (Fsp3) is 0.300. The summed E-state index contributed by atoms with van der Waals surface area (Å²) in [6.45, 7) is 1.65. The van der Waals surface area contributed by atoms with Gasteiger partial charge in [0.1, 0.15) is 6.61 Å². The molecular weight excluding hydrogens is 214 g/mol. The van der Waals surface area contributed by atoms with Gasteiger partial charge in [-0.1, -0.05) is 12.1 Å². The van der Waals surface area contributed by atoms with Gasteiger partial charge in [0, 0.05) is 0 Å². The summed E-state index contributed by atoms with van der Waals surface area (Å²) < 4.78 is 0. The van der Waals surface area contributed by atoms with E-state index in [0.717, 1.165) is 5.56 Å². The number of hydrogen-bond donors (Lipinski definition) is 1. The van der Waals surface area contributed by atoms with Crippen LogP contribution in [0.5, 0.6) is 0 Å². The maximum Gasteiger partial charge on any atom is 0.335 e. The molecule has 1 aromatic carbocycles. The molecule has 1 N–H and O–H groups in total. The smallest absolute Gasteiger partial charge is 0.335 e. The number of carbonyl (C=O) groups is 1. The van der Waals surface area contributed by atoms with Crippen LogP contribution in [0, 0.1) is 17.0 Å². The van der Waals surface area contributed by atoms with Gasteiger partial charge in [0.25, 0.3) is 5.09 Å². The highest BCUT2D eigenvalue weighted by atomic mass is 16.9. The van der Waals surface area contributed by atoms with Gasteiger partial charge in [-0.15, -0.1) is 10.1 Å². The second kappa shape index (κ2) is 5.11. The Morgan fingerprint density at radius 3 is 2.75 bits per heavy atom. The van der Waals surface area contributed by atoms with E-state index in [2.05, 4.69) is 4.84 Å². The lowest BCUT2D eigenvalue weighted by atomic mass is 10.0. The molecule has 6 heteroatoms. The highest BCUT2D eigenvalue weighted by Gasteiger charge is 2.07. The second-order valence-electron chi connectivity index (χ2n) is 3.26. The topological polar surface area (TPSA) is 89.7 Å². The van der Waals surface area contributed by atoms with Crippen molar-refractivity contribution in [1.29, 1.82) is 0 Å². The van der Waals surface area contributed by atoms with Crippen molar-refractivity contribution in [2.75, 3.05) is 6.61 Å². The molecule has 0 saturated carbocycles. The summed E-state index contributed by atoms with van der Waals surface area (Å²) in [6.07, 6.45) is 0.377. The van der Waals surface area contributed by atoms with Crippen LogP contribution >= 0.6 is 0 Å². The van der Waals surface area contributed by atoms with Crippen LogP contribution in [0.15, 0.2) is 18.2 Å². The van der Waals surface area contributed by atoms with E-state index in [1.807, 2.05) is 0 Å². The molecule has 0 fully saturated rings. The summed E-state index contributed by atoms with van der Waals surface area (Å²) >= 11 is 0. The van der Waals surface area contributed by atoms with Crippen molar-refractivity contribution in [2.45, 2.75) is 13.3 Å². The molecule has 0 atom stereocenters. The molecule has 0 aliphatic heterocycles. The molecule has 0 saturated heterocycles. The van der Waals surface area contributed by atoms with Crippen LogP contribution in [0.4, 0.5) is 0 Å². The van der Waals surface area contributed by atoms with Crippen LogP contribution in [0.1, 0.15) is 21.5 Å². The highest BCUT2D eigenvalue weighted by Crippen LogP contribution is 2.11. The Balaban J connectivity index is 2.66. The Hall–Kier alpha value is -2.11. The van der Waals surface area contributed by atoms with Gasteiger partial charge in [0.2, 0.25) is 0 Å². The first-order chi connectivity index (χ1) is 7.50. The molecular formula is C10H11NO5. The van der Waals surface area contributed by atoms with Crippen molar-refractivity contribution in [3.05, 3.63) is 45.0 Å².